The summed E-state index contributed by atoms with van der Waals surface area (Å²) in [6.45, 7) is 12.0. The van der Waals surface area contributed by atoms with Gasteiger partial charge in [-0.05, 0) is 50.8 Å². The lowest BCUT2D eigenvalue weighted by Gasteiger charge is -2.29. The molecule has 0 saturated carbocycles. The van der Waals surface area contributed by atoms with Gasteiger partial charge in [0.05, 0.1) is 12.7 Å². The van der Waals surface area contributed by atoms with Crippen molar-refractivity contribution in [2.24, 2.45) is 18.0 Å². The minimum absolute atomic E-state index is 0.570. The molecular weight excluding hydrogens is 312 g/mol. The monoisotopic (exact) mass is 346 g/mol. The molecule has 1 aromatic heterocycles. The predicted octanol–water partition coefficient (Wildman–Crippen LogP) is 1.91. The van der Waals surface area contributed by atoms with Gasteiger partial charge < -0.3 is 15.1 Å². The van der Waals surface area contributed by atoms with Crippen LogP contribution >= 0.6 is 0 Å². The van der Waals surface area contributed by atoms with Gasteiger partial charge in [-0.3, -0.25) is 9.67 Å². The second-order valence-corrected chi connectivity index (χ2v) is 7.64. The van der Waals surface area contributed by atoms with Crippen molar-refractivity contribution < 1.29 is 0 Å². The van der Waals surface area contributed by atoms with Crippen LogP contribution in [-0.2, 0) is 7.05 Å². The van der Waals surface area contributed by atoms with Gasteiger partial charge in [0, 0.05) is 45.3 Å². The summed E-state index contributed by atoms with van der Waals surface area (Å²) >= 11 is 0. The molecule has 1 aromatic rings. The largest absolute Gasteiger partial charge is 0.357 e. The molecule has 0 aromatic carbocycles. The molecule has 1 unspecified atom stereocenters. The van der Waals surface area contributed by atoms with Gasteiger partial charge in [-0.1, -0.05) is 6.92 Å². The molecule has 0 amide bonds. The molecule has 1 atom stereocenters. The molecule has 0 radical (unpaired) electrons. The Bertz CT molecular complexity index is 558. The van der Waals surface area contributed by atoms with Gasteiger partial charge in [0.15, 0.2) is 5.96 Å². The van der Waals surface area contributed by atoms with E-state index in [1.54, 1.807) is 0 Å². The molecule has 140 valence electrons. The predicted molar refractivity (Wildman–Crippen MR) is 103 cm³/mol. The smallest absolute Gasteiger partial charge is 0.193 e. The van der Waals surface area contributed by atoms with Crippen LogP contribution in [-0.4, -0.2) is 71.4 Å². The second-order valence-electron chi connectivity index (χ2n) is 7.64. The van der Waals surface area contributed by atoms with Crippen LogP contribution in [0.15, 0.2) is 17.4 Å². The van der Waals surface area contributed by atoms with E-state index < -0.39 is 0 Å². The third-order valence-corrected chi connectivity index (χ3v) is 5.57. The number of nitrogens with zero attached hydrogens (tertiary/aromatic N) is 5. The minimum atomic E-state index is 0.570. The topological polar surface area (TPSA) is 48.7 Å². The molecule has 1 N–H and O–H groups in total. The van der Waals surface area contributed by atoms with E-state index in [0.717, 1.165) is 44.6 Å². The van der Waals surface area contributed by atoms with E-state index in [9.17, 15) is 0 Å². The normalized spacial score (nSPS) is 23.4. The Morgan fingerprint density at radius 1 is 1.28 bits per heavy atom. The fraction of sp³-hybridized carbons (Fsp3) is 0.789. The van der Waals surface area contributed by atoms with Crippen LogP contribution in [0.4, 0.5) is 0 Å². The lowest BCUT2D eigenvalue weighted by molar-refractivity contribution is 0.197. The minimum Gasteiger partial charge on any atom is -0.357 e. The Balaban J connectivity index is 1.52. The van der Waals surface area contributed by atoms with Gasteiger partial charge in [0.1, 0.15) is 0 Å². The Morgan fingerprint density at radius 2 is 2.08 bits per heavy atom. The Labute approximate surface area is 152 Å². The fourth-order valence-corrected chi connectivity index (χ4v) is 3.88. The standard InChI is InChI=1S/C19H34N6/c1-4-20-19(21-8-12-24-9-5-16(2)6-10-24)25-11-7-17(15-25)18-13-22-23(3)14-18/h13-14,16-17H,4-12,15H2,1-3H3,(H,20,21). The van der Waals surface area contributed by atoms with Gasteiger partial charge >= 0.3 is 0 Å². The molecule has 2 saturated heterocycles. The van der Waals surface area contributed by atoms with Crippen molar-refractivity contribution in [1.29, 1.82) is 0 Å². The summed E-state index contributed by atoms with van der Waals surface area (Å²) in [6.07, 6.45) is 8.01. The number of aliphatic imine (C=N–C) groups is 1. The highest BCUT2D eigenvalue weighted by Crippen LogP contribution is 2.26. The van der Waals surface area contributed by atoms with Gasteiger partial charge in [0.25, 0.3) is 0 Å². The van der Waals surface area contributed by atoms with E-state index in [2.05, 4.69) is 40.3 Å². The molecule has 3 heterocycles. The third-order valence-electron chi connectivity index (χ3n) is 5.57. The maximum absolute atomic E-state index is 4.91. The van der Waals surface area contributed by atoms with Crippen LogP contribution in [0.1, 0.15) is 44.6 Å². The molecule has 0 bridgehead atoms. The van der Waals surface area contributed by atoms with Gasteiger partial charge in [-0.2, -0.15) is 5.10 Å². The summed E-state index contributed by atoms with van der Waals surface area (Å²) in [4.78, 5) is 9.89. The first kappa shape index (κ1) is 18.2. The number of nitrogens with one attached hydrogen (secondary N) is 1. The zero-order valence-electron chi connectivity index (χ0n) is 16.1. The fourth-order valence-electron chi connectivity index (χ4n) is 3.88. The number of likely N-dealkylation sites (tertiary alicyclic amines) is 2. The first-order valence-corrected chi connectivity index (χ1v) is 9.90. The van der Waals surface area contributed by atoms with Gasteiger partial charge in [-0.25, -0.2) is 0 Å². The van der Waals surface area contributed by atoms with Crippen molar-refractivity contribution in [3.05, 3.63) is 18.0 Å². The number of aromatic nitrogens is 2. The van der Waals surface area contributed by atoms with Crippen molar-refractivity contribution in [1.82, 2.24) is 24.9 Å². The maximum atomic E-state index is 4.91. The van der Waals surface area contributed by atoms with Gasteiger partial charge in [-0.15, -0.1) is 0 Å². The van der Waals surface area contributed by atoms with Crippen molar-refractivity contribution >= 4 is 5.96 Å². The average molecular weight is 347 g/mol. The van der Waals surface area contributed by atoms with Crippen molar-refractivity contribution in [2.75, 3.05) is 45.8 Å². The highest BCUT2D eigenvalue weighted by atomic mass is 15.3. The number of piperidine rings is 1. The van der Waals surface area contributed by atoms with E-state index in [1.807, 2.05) is 17.9 Å². The second kappa shape index (κ2) is 8.70. The van der Waals surface area contributed by atoms with E-state index >= 15 is 0 Å². The number of hydrogen-bond acceptors (Lipinski definition) is 3. The Kier molecular flexibility index (Phi) is 6.34. The first-order valence-electron chi connectivity index (χ1n) is 9.90. The zero-order chi connectivity index (χ0) is 17.6. The lowest BCUT2D eigenvalue weighted by Crippen LogP contribution is -2.41. The molecule has 25 heavy (non-hydrogen) atoms. The van der Waals surface area contributed by atoms with Crippen molar-refractivity contribution in [2.45, 2.75) is 39.0 Å². The summed E-state index contributed by atoms with van der Waals surface area (Å²) in [5, 5.41) is 7.80. The first-order chi connectivity index (χ1) is 12.2. The molecule has 2 aliphatic heterocycles. The summed E-state index contributed by atoms with van der Waals surface area (Å²) < 4.78 is 1.90. The quantitative estimate of drug-likeness (QED) is 0.654. The van der Waals surface area contributed by atoms with Crippen LogP contribution in [0.25, 0.3) is 0 Å². The maximum Gasteiger partial charge on any atom is 0.193 e. The van der Waals surface area contributed by atoms with Gasteiger partial charge in [0.2, 0.25) is 0 Å². The lowest BCUT2D eigenvalue weighted by atomic mass is 9.99. The molecule has 6 heteroatoms. The summed E-state index contributed by atoms with van der Waals surface area (Å²) in [5.74, 6) is 2.55. The number of hydrogen-bond donors (Lipinski definition) is 1. The summed E-state index contributed by atoms with van der Waals surface area (Å²) in [5.41, 5.74) is 1.35. The molecule has 0 spiro atoms. The molecule has 2 fully saturated rings. The number of aryl methyl sites for hydroxylation is 1. The van der Waals surface area contributed by atoms with Crippen molar-refractivity contribution in [3.63, 3.8) is 0 Å². The van der Waals surface area contributed by atoms with E-state index in [1.165, 1.54) is 37.9 Å². The molecular formula is C19H34N6. The molecule has 2 aliphatic rings. The Hall–Kier alpha value is -1.56. The third kappa shape index (κ3) is 4.97. The summed E-state index contributed by atoms with van der Waals surface area (Å²) in [6, 6.07) is 0. The number of guanidine groups is 1. The van der Waals surface area contributed by atoms with E-state index in [4.69, 9.17) is 4.99 Å². The molecule has 3 rings (SSSR count). The SMILES string of the molecule is CCNC(=NCCN1CCC(C)CC1)N1CCC(c2cnn(C)c2)C1. The molecule has 0 aliphatic carbocycles. The van der Waals surface area contributed by atoms with Crippen molar-refractivity contribution in [3.8, 4) is 0 Å². The van der Waals surface area contributed by atoms with Crippen LogP contribution in [0, 0.1) is 5.92 Å². The average Bonchev–Trinajstić information content (AvgIpc) is 3.25. The highest BCUT2D eigenvalue weighted by molar-refractivity contribution is 5.80. The Morgan fingerprint density at radius 3 is 2.76 bits per heavy atom. The molecule has 6 nitrogen and oxygen atoms in total. The van der Waals surface area contributed by atoms with E-state index in [0.29, 0.717) is 5.92 Å². The van der Waals surface area contributed by atoms with Crippen LogP contribution in [0.2, 0.25) is 0 Å². The zero-order valence-corrected chi connectivity index (χ0v) is 16.1. The summed E-state index contributed by atoms with van der Waals surface area (Å²) in [7, 11) is 1.99. The highest BCUT2D eigenvalue weighted by Gasteiger charge is 2.27. The number of rotatable bonds is 5. The van der Waals surface area contributed by atoms with Crippen LogP contribution < -0.4 is 5.32 Å². The van der Waals surface area contributed by atoms with Crippen LogP contribution in [0.3, 0.4) is 0 Å². The van der Waals surface area contributed by atoms with Crippen LogP contribution in [0.5, 0.6) is 0 Å². The van der Waals surface area contributed by atoms with E-state index in [-0.39, 0.29) is 0 Å².